The van der Waals surface area contributed by atoms with Gasteiger partial charge in [-0.15, -0.1) is 11.3 Å². The number of aromatic nitrogens is 1. The van der Waals surface area contributed by atoms with Crippen molar-refractivity contribution in [2.45, 2.75) is 38.1 Å². The molecule has 0 aliphatic carbocycles. The van der Waals surface area contributed by atoms with Gasteiger partial charge in [0.25, 0.3) is 0 Å². The van der Waals surface area contributed by atoms with E-state index in [2.05, 4.69) is 36.5 Å². The molecule has 0 radical (unpaired) electrons. The van der Waals surface area contributed by atoms with Gasteiger partial charge in [0.1, 0.15) is 0 Å². The lowest BCUT2D eigenvalue weighted by molar-refractivity contribution is 0.250. The fraction of sp³-hybridized carbons (Fsp3) is 0.769. The predicted octanol–water partition coefficient (Wildman–Crippen LogP) is 2.41. The number of nitrogens with one attached hydrogen (secondary N) is 1. The molecule has 0 bridgehead atoms. The van der Waals surface area contributed by atoms with Crippen molar-refractivity contribution < 1.29 is 0 Å². The van der Waals surface area contributed by atoms with Gasteiger partial charge in [0, 0.05) is 17.8 Å². The summed E-state index contributed by atoms with van der Waals surface area (Å²) in [6, 6.07) is 0. The van der Waals surface area contributed by atoms with Crippen molar-refractivity contribution in [1.29, 1.82) is 0 Å². The largest absolute Gasteiger partial charge is 0.310 e. The third kappa shape index (κ3) is 2.87. The van der Waals surface area contributed by atoms with E-state index in [4.69, 9.17) is 4.98 Å². The van der Waals surface area contributed by atoms with Crippen LogP contribution < -0.4 is 5.32 Å². The Morgan fingerprint density at radius 2 is 2.29 bits per heavy atom. The van der Waals surface area contributed by atoms with Gasteiger partial charge in [-0.1, -0.05) is 0 Å². The van der Waals surface area contributed by atoms with Crippen LogP contribution >= 0.6 is 11.3 Å². The van der Waals surface area contributed by atoms with Gasteiger partial charge in [-0.2, -0.15) is 0 Å². The number of likely N-dealkylation sites (tertiary alicyclic amines) is 1. The maximum absolute atomic E-state index is 4.84. The van der Waals surface area contributed by atoms with Crippen LogP contribution in [0.5, 0.6) is 0 Å². The minimum absolute atomic E-state index is 0.0185. The zero-order chi connectivity index (χ0) is 12.5. The highest BCUT2D eigenvalue weighted by atomic mass is 32.1. The SMILES string of the molecule is CNC(C)(C)c1csc(C2CCCN(C)C2)n1. The molecule has 0 aromatic carbocycles. The summed E-state index contributed by atoms with van der Waals surface area (Å²) in [5.74, 6) is 0.639. The molecule has 0 amide bonds. The predicted molar refractivity (Wildman–Crippen MR) is 73.7 cm³/mol. The fourth-order valence-corrected chi connectivity index (χ4v) is 3.37. The highest BCUT2D eigenvalue weighted by Crippen LogP contribution is 2.31. The fourth-order valence-electron chi connectivity index (χ4n) is 2.26. The minimum atomic E-state index is -0.0185. The van der Waals surface area contributed by atoms with E-state index in [0.29, 0.717) is 5.92 Å². The van der Waals surface area contributed by atoms with Gasteiger partial charge in [-0.3, -0.25) is 0 Å². The Labute approximate surface area is 108 Å². The number of thiazole rings is 1. The molecule has 1 N–H and O–H groups in total. The number of hydrogen-bond acceptors (Lipinski definition) is 4. The average Bonchev–Trinajstić information content (AvgIpc) is 2.79. The summed E-state index contributed by atoms with van der Waals surface area (Å²) >= 11 is 1.82. The van der Waals surface area contributed by atoms with Crippen molar-refractivity contribution in [2.75, 3.05) is 27.2 Å². The zero-order valence-electron chi connectivity index (χ0n) is 11.3. The maximum atomic E-state index is 4.84. The van der Waals surface area contributed by atoms with Crippen LogP contribution in [0.4, 0.5) is 0 Å². The van der Waals surface area contributed by atoms with E-state index in [-0.39, 0.29) is 5.54 Å². The molecule has 4 heteroatoms. The molecule has 3 nitrogen and oxygen atoms in total. The van der Waals surface area contributed by atoms with Crippen LogP contribution in [-0.2, 0) is 5.54 Å². The molecule has 1 aliphatic rings. The zero-order valence-corrected chi connectivity index (χ0v) is 12.1. The molecular formula is C13H23N3S. The molecule has 1 aromatic heterocycles. The normalized spacial score (nSPS) is 22.9. The van der Waals surface area contributed by atoms with Crippen molar-refractivity contribution in [1.82, 2.24) is 15.2 Å². The first-order chi connectivity index (χ1) is 8.03. The van der Waals surface area contributed by atoms with Crippen molar-refractivity contribution in [3.8, 4) is 0 Å². The molecular weight excluding hydrogens is 230 g/mol. The second-order valence-electron chi connectivity index (χ2n) is 5.55. The van der Waals surface area contributed by atoms with Crippen LogP contribution in [0.2, 0.25) is 0 Å². The summed E-state index contributed by atoms with van der Waals surface area (Å²) < 4.78 is 0. The Bertz CT molecular complexity index is 372. The summed E-state index contributed by atoms with van der Waals surface area (Å²) in [5.41, 5.74) is 1.16. The third-order valence-electron chi connectivity index (χ3n) is 3.76. The van der Waals surface area contributed by atoms with E-state index in [1.807, 2.05) is 18.4 Å². The third-order valence-corrected chi connectivity index (χ3v) is 4.77. The average molecular weight is 253 g/mol. The van der Waals surface area contributed by atoms with Crippen LogP contribution in [0.3, 0.4) is 0 Å². The van der Waals surface area contributed by atoms with Crippen molar-refractivity contribution in [3.63, 3.8) is 0 Å². The summed E-state index contributed by atoms with van der Waals surface area (Å²) in [4.78, 5) is 7.26. The van der Waals surface area contributed by atoms with Gasteiger partial charge < -0.3 is 10.2 Å². The number of likely N-dealkylation sites (N-methyl/N-ethyl adjacent to an activating group) is 1. The summed E-state index contributed by atoms with van der Waals surface area (Å²) in [7, 11) is 4.20. The second-order valence-corrected chi connectivity index (χ2v) is 6.44. The minimum Gasteiger partial charge on any atom is -0.310 e. The summed E-state index contributed by atoms with van der Waals surface area (Å²) in [5, 5.41) is 6.84. The summed E-state index contributed by atoms with van der Waals surface area (Å²) in [6.45, 7) is 6.75. The van der Waals surface area contributed by atoms with Crippen LogP contribution in [0.15, 0.2) is 5.38 Å². The van der Waals surface area contributed by atoms with Crippen molar-refractivity contribution in [2.24, 2.45) is 0 Å². The molecule has 0 saturated carbocycles. The Morgan fingerprint density at radius 1 is 1.53 bits per heavy atom. The lowest BCUT2D eigenvalue weighted by Gasteiger charge is -2.28. The van der Waals surface area contributed by atoms with E-state index >= 15 is 0 Å². The monoisotopic (exact) mass is 253 g/mol. The van der Waals surface area contributed by atoms with Crippen LogP contribution in [0.25, 0.3) is 0 Å². The van der Waals surface area contributed by atoms with E-state index in [1.54, 1.807) is 0 Å². The molecule has 1 saturated heterocycles. The van der Waals surface area contributed by atoms with Crippen molar-refractivity contribution in [3.05, 3.63) is 16.1 Å². The maximum Gasteiger partial charge on any atom is 0.0972 e. The number of piperidine rings is 1. The van der Waals surface area contributed by atoms with E-state index in [9.17, 15) is 0 Å². The molecule has 1 fully saturated rings. The lowest BCUT2D eigenvalue weighted by Crippen LogP contribution is -2.34. The van der Waals surface area contributed by atoms with Gasteiger partial charge in [0.2, 0.25) is 0 Å². The first-order valence-electron chi connectivity index (χ1n) is 6.36. The molecule has 1 aliphatic heterocycles. The number of rotatable bonds is 3. The number of nitrogens with zero attached hydrogens (tertiary/aromatic N) is 2. The molecule has 2 heterocycles. The highest BCUT2D eigenvalue weighted by Gasteiger charge is 2.25. The molecule has 96 valence electrons. The standard InChI is InChI=1S/C13H23N3S/c1-13(2,14-3)11-9-17-12(15-11)10-6-5-7-16(4)8-10/h9-10,14H,5-8H2,1-4H3. The van der Waals surface area contributed by atoms with Gasteiger partial charge in [-0.25, -0.2) is 4.98 Å². The van der Waals surface area contributed by atoms with Gasteiger partial charge in [-0.05, 0) is 47.3 Å². The quantitative estimate of drug-likeness (QED) is 0.896. The Balaban J connectivity index is 2.12. The van der Waals surface area contributed by atoms with Crippen LogP contribution in [-0.4, -0.2) is 37.1 Å². The molecule has 1 atom stereocenters. The summed E-state index contributed by atoms with van der Waals surface area (Å²) in [6.07, 6.45) is 2.59. The van der Waals surface area contributed by atoms with E-state index in [1.165, 1.54) is 30.1 Å². The molecule has 17 heavy (non-hydrogen) atoms. The Morgan fingerprint density at radius 3 is 2.94 bits per heavy atom. The van der Waals surface area contributed by atoms with Crippen LogP contribution in [0, 0.1) is 0 Å². The van der Waals surface area contributed by atoms with Crippen LogP contribution in [0.1, 0.15) is 43.3 Å². The number of hydrogen-bond donors (Lipinski definition) is 1. The molecule has 2 rings (SSSR count). The van der Waals surface area contributed by atoms with E-state index < -0.39 is 0 Å². The smallest absolute Gasteiger partial charge is 0.0972 e. The Hall–Kier alpha value is -0.450. The molecule has 1 aromatic rings. The lowest BCUT2D eigenvalue weighted by atomic mass is 9.98. The van der Waals surface area contributed by atoms with E-state index in [0.717, 1.165) is 6.54 Å². The first-order valence-corrected chi connectivity index (χ1v) is 7.24. The molecule has 1 unspecified atom stereocenters. The highest BCUT2D eigenvalue weighted by molar-refractivity contribution is 7.09. The second kappa shape index (κ2) is 5.04. The van der Waals surface area contributed by atoms with Crippen molar-refractivity contribution >= 4 is 11.3 Å². The van der Waals surface area contributed by atoms with Gasteiger partial charge in [0.05, 0.1) is 16.2 Å². The first kappa shape index (κ1) is 13.0. The topological polar surface area (TPSA) is 28.2 Å². The van der Waals surface area contributed by atoms with Gasteiger partial charge in [0.15, 0.2) is 0 Å². The molecule has 0 spiro atoms. The Kier molecular flexibility index (Phi) is 3.85. The van der Waals surface area contributed by atoms with Gasteiger partial charge >= 0.3 is 0 Å².